The summed E-state index contributed by atoms with van der Waals surface area (Å²) >= 11 is 0. The van der Waals surface area contributed by atoms with Crippen molar-refractivity contribution >= 4 is 5.84 Å². The zero-order chi connectivity index (χ0) is 10.4. The van der Waals surface area contributed by atoms with Gasteiger partial charge in [0.15, 0.2) is 5.84 Å². The van der Waals surface area contributed by atoms with Gasteiger partial charge in [-0.1, -0.05) is 37.6 Å². The highest BCUT2D eigenvalue weighted by molar-refractivity contribution is 5.97. The first-order chi connectivity index (χ1) is 6.77. The van der Waals surface area contributed by atoms with E-state index in [2.05, 4.69) is 29.7 Å². The highest BCUT2D eigenvalue weighted by Gasteiger charge is 1.97. The molecule has 0 aromatic heterocycles. The van der Waals surface area contributed by atoms with E-state index >= 15 is 0 Å². The second-order valence-corrected chi connectivity index (χ2v) is 3.07. The Morgan fingerprint density at radius 3 is 2.50 bits per heavy atom. The predicted molar refractivity (Wildman–Crippen MR) is 58.5 cm³/mol. The molecule has 0 radical (unpaired) electrons. The minimum atomic E-state index is 0.399. The maximum absolute atomic E-state index is 5.64. The molecule has 0 bridgehead atoms. The van der Waals surface area contributed by atoms with Crippen molar-refractivity contribution in [2.45, 2.75) is 19.8 Å². The predicted octanol–water partition coefficient (Wildman–Crippen LogP) is 0.723. The van der Waals surface area contributed by atoms with E-state index in [0.29, 0.717) is 5.84 Å². The van der Waals surface area contributed by atoms with Crippen molar-refractivity contribution in [3.8, 4) is 0 Å². The summed E-state index contributed by atoms with van der Waals surface area (Å²) in [6.45, 7) is 2.15. The van der Waals surface area contributed by atoms with Gasteiger partial charge >= 0.3 is 0 Å². The molecular weight excluding hydrogens is 176 g/mol. The summed E-state index contributed by atoms with van der Waals surface area (Å²) in [7, 11) is 0. The largest absolute Gasteiger partial charge is 0.382 e. The minimum Gasteiger partial charge on any atom is -0.382 e. The van der Waals surface area contributed by atoms with Crippen molar-refractivity contribution in [3.63, 3.8) is 0 Å². The van der Waals surface area contributed by atoms with Crippen molar-refractivity contribution in [2.75, 3.05) is 0 Å². The van der Waals surface area contributed by atoms with Gasteiger partial charge in [-0.3, -0.25) is 0 Å². The number of hydrazone groups is 1. The third kappa shape index (κ3) is 2.74. The molecule has 0 aliphatic heterocycles. The summed E-state index contributed by atoms with van der Waals surface area (Å²) in [5.74, 6) is 5.43. The van der Waals surface area contributed by atoms with E-state index in [4.69, 9.17) is 11.6 Å². The molecule has 0 saturated carbocycles. The van der Waals surface area contributed by atoms with E-state index in [1.165, 1.54) is 5.56 Å². The van der Waals surface area contributed by atoms with E-state index in [1.807, 2.05) is 12.1 Å². The average Bonchev–Trinajstić information content (AvgIpc) is 2.20. The summed E-state index contributed by atoms with van der Waals surface area (Å²) in [5.41, 5.74) is 9.99. The quantitative estimate of drug-likeness (QED) is 0.285. The Kier molecular flexibility index (Phi) is 3.94. The summed E-state index contributed by atoms with van der Waals surface area (Å²) < 4.78 is 0. The van der Waals surface area contributed by atoms with E-state index in [9.17, 15) is 0 Å². The second kappa shape index (κ2) is 5.24. The number of rotatable bonds is 4. The molecular formula is C10H16N4. The van der Waals surface area contributed by atoms with Crippen LogP contribution in [0.2, 0.25) is 0 Å². The van der Waals surface area contributed by atoms with Crippen LogP contribution >= 0.6 is 0 Å². The first-order valence-electron chi connectivity index (χ1n) is 4.66. The Hall–Kier alpha value is -1.55. The Labute approximate surface area is 84.0 Å². The van der Waals surface area contributed by atoms with Crippen molar-refractivity contribution in [2.24, 2.45) is 16.7 Å². The van der Waals surface area contributed by atoms with Crippen LogP contribution in [-0.2, 0) is 6.42 Å². The van der Waals surface area contributed by atoms with Crippen LogP contribution in [0.25, 0.3) is 0 Å². The molecule has 0 unspecified atom stereocenters. The minimum absolute atomic E-state index is 0.399. The van der Waals surface area contributed by atoms with Gasteiger partial charge in [-0.2, -0.15) is 0 Å². The van der Waals surface area contributed by atoms with Crippen LogP contribution in [-0.4, -0.2) is 5.84 Å². The highest BCUT2D eigenvalue weighted by Crippen LogP contribution is 2.06. The van der Waals surface area contributed by atoms with Crippen LogP contribution in [0, 0.1) is 0 Å². The molecule has 0 amide bonds. The first-order valence-corrected chi connectivity index (χ1v) is 4.66. The molecule has 1 aromatic carbocycles. The van der Waals surface area contributed by atoms with E-state index in [-0.39, 0.29) is 0 Å². The van der Waals surface area contributed by atoms with Gasteiger partial charge in [0, 0.05) is 5.56 Å². The Balaban J connectivity index is 2.77. The monoisotopic (exact) mass is 192 g/mol. The standard InChI is InChI=1S/C10H16N4/c1-2-3-8-4-6-9(7-5-8)10(11)13-14-12/h4-7,14H,2-3,12H2,1H3,(H2,11,13). The van der Waals surface area contributed by atoms with Crippen LogP contribution in [0.1, 0.15) is 24.5 Å². The van der Waals surface area contributed by atoms with E-state index in [0.717, 1.165) is 18.4 Å². The summed E-state index contributed by atoms with van der Waals surface area (Å²) in [4.78, 5) is 0. The van der Waals surface area contributed by atoms with Gasteiger partial charge in [0.2, 0.25) is 0 Å². The SMILES string of the molecule is CCCc1ccc(/C(N)=N/NN)cc1. The molecule has 0 atom stereocenters. The molecule has 0 saturated heterocycles. The lowest BCUT2D eigenvalue weighted by Gasteiger charge is -2.02. The lowest BCUT2D eigenvalue weighted by molar-refractivity contribution is 0.804. The topological polar surface area (TPSA) is 76.4 Å². The van der Waals surface area contributed by atoms with Gasteiger partial charge in [-0.05, 0) is 12.0 Å². The molecule has 0 spiro atoms. The molecule has 1 aromatic rings. The summed E-state index contributed by atoms with van der Waals surface area (Å²) in [5, 5.41) is 3.69. The van der Waals surface area contributed by atoms with Crippen LogP contribution in [0.4, 0.5) is 0 Å². The fraction of sp³-hybridized carbons (Fsp3) is 0.300. The number of nitrogens with zero attached hydrogens (tertiary/aromatic N) is 1. The highest BCUT2D eigenvalue weighted by atomic mass is 15.5. The summed E-state index contributed by atoms with van der Waals surface area (Å²) in [6.07, 6.45) is 2.24. The van der Waals surface area contributed by atoms with Crippen LogP contribution in [0.3, 0.4) is 0 Å². The lowest BCUT2D eigenvalue weighted by atomic mass is 10.1. The average molecular weight is 192 g/mol. The third-order valence-corrected chi connectivity index (χ3v) is 1.97. The van der Waals surface area contributed by atoms with Crippen molar-refractivity contribution < 1.29 is 0 Å². The van der Waals surface area contributed by atoms with Crippen LogP contribution in [0.5, 0.6) is 0 Å². The second-order valence-electron chi connectivity index (χ2n) is 3.07. The molecule has 0 heterocycles. The van der Waals surface area contributed by atoms with Crippen molar-refractivity contribution in [1.29, 1.82) is 0 Å². The normalized spacial score (nSPS) is 11.4. The fourth-order valence-corrected chi connectivity index (χ4v) is 1.26. The number of hydrogen-bond acceptors (Lipinski definition) is 3. The molecule has 0 fully saturated rings. The molecule has 0 aliphatic rings. The van der Waals surface area contributed by atoms with Gasteiger partial charge in [0.05, 0.1) is 0 Å². The number of amidine groups is 1. The van der Waals surface area contributed by atoms with Gasteiger partial charge in [0.1, 0.15) is 0 Å². The maximum Gasteiger partial charge on any atom is 0.152 e. The van der Waals surface area contributed by atoms with Gasteiger partial charge in [-0.25, -0.2) is 11.4 Å². The van der Waals surface area contributed by atoms with Gasteiger partial charge in [0.25, 0.3) is 0 Å². The molecule has 4 heteroatoms. The number of aryl methyl sites for hydroxylation is 1. The number of nitrogens with one attached hydrogen (secondary N) is 1. The van der Waals surface area contributed by atoms with Crippen molar-refractivity contribution in [3.05, 3.63) is 35.4 Å². The fourth-order valence-electron chi connectivity index (χ4n) is 1.26. The number of nitrogens with two attached hydrogens (primary N) is 2. The number of benzene rings is 1. The Bertz CT molecular complexity index is 302. The van der Waals surface area contributed by atoms with Crippen molar-refractivity contribution in [1.82, 2.24) is 5.53 Å². The van der Waals surface area contributed by atoms with E-state index in [1.54, 1.807) is 0 Å². The van der Waals surface area contributed by atoms with Gasteiger partial charge < -0.3 is 5.73 Å². The zero-order valence-electron chi connectivity index (χ0n) is 8.33. The molecule has 76 valence electrons. The van der Waals surface area contributed by atoms with Crippen LogP contribution in [0.15, 0.2) is 29.4 Å². The smallest absolute Gasteiger partial charge is 0.152 e. The van der Waals surface area contributed by atoms with E-state index < -0.39 is 0 Å². The maximum atomic E-state index is 5.64. The van der Waals surface area contributed by atoms with Crippen LogP contribution < -0.4 is 17.1 Å². The Morgan fingerprint density at radius 1 is 1.36 bits per heavy atom. The first kappa shape index (κ1) is 10.5. The zero-order valence-corrected chi connectivity index (χ0v) is 8.33. The van der Waals surface area contributed by atoms with Gasteiger partial charge in [-0.15, -0.1) is 5.10 Å². The number of hydrogen-bond donors (Lipinski definition) is 3. The molecule has 0 aliphatic carbocycles. The molecule has 14 heavy (non-hydrogen) atoms. The Morgan fingerprint density at radius 2 is 2.00 bits per heavy atom. The third-order valence-electron chi connectivity index (χ3n) is 1.97. The number of hydrazine groups is 1. The molecule has 5 N–H and O–H groups in total. The summed E-state index contributed by atoms with van der Waals surface area (Å²) in [6, 6.07) is 8.00. The molecule has 1 rings (SSSR count). The lowest BCUT2D eigenvalue weighted by Crippen LogP contribution is -2.22. The molecule has 4 nitrogen and oxygen atoms in total.